The fraction of sp³-hybridized carbons (Fsp3) is 0.389. The normalized spacial score (nSPS) is 16.0. The van der Waals surface area contributed by atoms with E-state index in [0.717, 1.165) is 25.9 Å². The molecule has 1 aromatic carbocycles. The topological polar surface area (TPSA) is 42.7 Å². The summed E-state index contributed by atoms with van der Waals surface area (Å²) in [5.41, 5.74) is 1.37. The van der Waals surface area contributed by atoms with Gasteiger partial charge in [-0.15, -0.1) is 0 Å². The lowest BCUT2D eigenvalue weighted by molar-refractivity contribution is 0.0673. The summed E-state index contributed by atoms with van der Waals surface area (Å²) >= 11 is 0. The lowest BCUT2D eigenvalue weighted by Gasteiger charge is -2.31. The SMILES string of the molecule is COCc1ccc(C(=O)N2CCC(c3ccccc3)CC2)o1. The van der Waals surface area contributed by atoms with E-state index in [0.29, 0.717) is 24.0 Å². The molecule has 1 saturated heterocycles. The van der Waals surface area contributed by atoms with E-state index in [2.05, 4.69) is 24.3 Å². The molecule has 1 amide bonds. The molecule has 1 aromatic heterocycles. The molecular weight excluding hydrogens is 278 g/mol. The third kappa shape index (κ3) is 3.22. The molecule has 0 spiro atoms. The van der Waals surface area contributed by atoms with E-state index in [1.165, 1.54) is 5.56 Å². The number of rotatable bonds is 4. The highest BCUT2D eigenvalue weighted by molar-refractivity contribution is 5.91. The van der Waals surface area contributed by atoms with Crippen LogP contribution in [0.3, 0.4) is 0 Å². The minimum absolute atomic E-state index is 0.0196. The van der Waals surface area contributed by atoms with Crippen LogP contribution in [0.4, 0.5) is 0 Å². The first kappa shape index (κ1) is 14.9. The highest BCUT2D eigenvalue weighted by atomic mass is 16.5. The molecule has 0 atom stereocenters. The van der Waals surface area contributed by atoms with Crippen LogP contribution in [0.25, 0.3) is 0 Å². The van der Waals surface area contributed by atoms with Crippen molar-refractivity contribution in [2.45, 2.75) is 25.4 Å². The number of furan rings is 1. The Morgan fingerprint density at radius 2 is 1.91 bits per heavy atom. The van der Waals surface area contributed by atoms with Gasteiger partial charge in [0.2, 0.25) is 0 Å². The zero-order chi connectivity index (χ0) is 15.4. The second kappa shape index (κ2) is 6.79. The van der Waals surface area contributed by atoms with E-state index >= 15 is 0 Å². The molecule has 1 aliphatic rings. The molecule has 1 fully saturated rings. The van der Waals surface area contributed by atoms with Crippen molar-refractivity contribution in [2.75, 3.05) is 20.2 Å². The fourth-order valence-electron chi connectivity index (χ4n) is 3.01. The lowest BCUT2D eigenvalue weighted by Crippen LogP contribution is -2.37. The van der Waals surface area contributed by atoms with Crippen molar-refractivity contribution in [3.8, 4) is 0 Å². The number of amides is 1. The molecule has 0 bridgehead atoms. The van der Waals surface area contributed by atoms with Crippen LogP contribution in [-0.4, -0.2) is 31.0 Å². The monoisotopic (exact) mass is 299 g/mol. The van der Waals surface area contributed by atoms with Crippen molar-refractivity contribution in [2.24, 2.45) is 0 Å². The standard InChI is InChI=1S/C18H21NO3/c1-21-13-16-7-8-17(22-16)18(20)19-11-9-15(10-12-19)14-5-3-2-4-6-14/h2-8,15H,9-13H2,1H3. The number of carbonyl (C=O) groups is 1. The van der Waals surface area contributed by atoms with Crippen molar-refractivity contribution >= 4 is 5.91 Å². The molecule has 4 nitrogen and oxygen atoms in total. The van der Waals surface area contributed by atoms with Gasteiger partial charge in [-0.25, -0.2) is 0 Å². The van der Waals surface area contributed by atoms with Crippen LogP contribution in [0, 0.1) is 0 Å². The van der Waals surface area contributed by atoms with Crippen molar-refractivity contribution in [3.63, 3.8) is 0 Å². The van der Waals surface area contributed by atoms with E-state index in [4.69, 9.17) is 9.15 Å². The number of ether oxygens (including phenoxy) is 1. The van der Waals surface area contributed by atoms with Gasteiger partial charge in [-0.1, -0.05) is 30.3 Å². The van der Waals surface area contributed by atoms with E-state index in [-0.39, 0.29) is 5.91 Å². The van der Waals surface area contributed by atoms with Gasteiger partial charge in [0.1, 0.15) is 12.4 Å². The van der Waals surface area contributed by atoms with Crippen LogP contribution in [0.1, 0.15) is 40.6 Å². The second-order valence-corrected chi connectivity index (χ2v) is 5.68. The Hall–Kier alpha value is -2.07. The molecule has 0 unspecified atom stereocenters. The molecule has 0 saturated carbocycles. The third-order valence-electron chi connectivity index (χ3n) is 4.21. The van der Waals surface area contributed by atoms with E-state index in [9.17, 15) is 4.79 Å². The molecule has 2 aromatic rings. The van der Waals surface area contributed by atoms with Gasteiger partial charge < -0.3 is 14.1 Å². The number of likely N-dealkylation sites (tertiary alicyclic amines) is 1. The van der Waals surface area contributed by atoms with E-state index < -0.39 is 0 Å². The highest BCUT2D eigenvalue weighted by Gasteiger charge is 2.26. The molecule has 116 valence electrons. The first-order valence-electron chi connectivity index (χ1n) is 7.70. The van der Waals surface area contributed by atoms with Crippen LogP contribution in [0.15, 0.2) is 46.9 Å². The maximum Gasteiger partial charge on any atom is 0.289 e. The zero-order valence-corrected chi connectivity index (χ0v) is 12.8. The van der Waals surface area contributed by atoms with Crippen molar-refractivity contribution < 1.29 is 13.9 Å². The van der Waals surface area contributed by atoms with Crippen molar-refractivity contribution in [1.82, 2.24) is 4.90 Å². The van der Waals surface area contributed by atoms with Gasteiger partial charge in [0, 0.05) is 20.2 Å². The predicted octanol–water partition coefficient (Wildman–Crippen LogP) is 3.45. The molecule has 4 heteroatoms. The smallest absolute Gasteiger partial charge is 0.289 e. The van der Waals surface area contributed by atoms with Crippen LogP contribution >= 0.6 is 0 Å². The summed E-state index contributed by atoms with van der Waals surface area (Å²) in [4.78, 5) is 14.3. The van der Waals surface area contributed by atoms with Crippen LogP contribution in [0.2, 0.25) is 0 Å². The van der Waals surface area contributed by atoms with Gasteiger partial charge in [-0.2, -0.15) is 0 Å². The van der Waals surface area contributed by atoms with E-state index in [1.54, 1.807) is 19.2 Å². The van der Waals surface area contributed by atoms with E-state index in [1.807, 2.05) is 11.0 Å². The highest BCUT2D eigenvalue weighted by Crippen LogP contribution is 2.28. The number of benzene rings is 1. The molecule has 2 heterocycles. The molecule has 1 aliphatic heterocycles. The molecule has 22 heavy (non-hydrogen) atoms. The number of nitrogens with zero attached hydrogens (tertiary/aromatic N) is 1. The first-order chi connectivity index (χ1) is 10.8. The Morgan fingerprint density at radius 3 is 2.59 bits per heavy atom. The Balaban J connectivity index is 1.59. The molecular formula is C18H21NO3. The summed E-state index contributed by atoms with van der Waals surface area (Å²) in [7, 11) is 1.61. The van der Waals surface area contributed by atoms with Crippen LogP contribution in [0.5, 0.6) is 0 Å². The molecule has 0 N–H and O–H groups in total. The summed E-state index contributed by atoms with van der Waals surface area (Å²) in [5.74, 6) is 1.62. The summed E-state index contributed by atoms with van der Waals surface area (Å²) in [6, 6.07) is 14.1. The number of carbonyl (C=O) groups excluding carboxylic acids is 1. The third-order valence-corrected chi connectivity index (χ3v) is 4.21. The minimum atomic E-state index is -0.0196. The van der Waals surface area contributed by atoms with Crippen LogP contribution < -0.4 is 0 Å². The Bertz CT molecular complexity index is 612. The Labute approximate surface area is 130 Å². The minimum Gasteiger partial charge on any atom is -0.453 e. The van der Waals surface area contributed by atoms with Gasteiger partial charge in [0.25, 0.3) is 5.91 Å². The average Bonchev–Trinajstić information content (AvgIpc) is 3.04. The fourth-order valence-corrected chi connectivity index (χ4v) is 3.01. The Kier molecular flexibility index (Phi) is 4.59. The zero-order valence-electron chi connectivity index (χ0n) is 12.8. The Morgan fingerprint density at radius 1 is 1.18 bits per heavy atom. The second-order valence-electron chi connectivity index (χ2n) is 5.68. The largest absolute Gasteiger partial charge is 0.453 e. The lowest BCUT2D eigenvalue weighted by atomic mass is 9.89. The summed E-state index contributed by atoms with van der Waals surface area (Å²) in [5, 5.41) is 0. The molecule has 0 aliphatic carbocycles. The summed E-state index contributed by atoms with van der Waals surface area (Å²) < 4.78 is 10.5. The number of piperidine rings is 1. The van der Waals surface area contributed by atoms with Gasteiger partial charge in [0.05, 0.1) is 0 Å². The van der Waals surface area contributed by atoms with Crippen molar-refractivity contribution in [3.05, 3.63) is 59.5 Å². The van der Waals surface area contributed by atoms with Gasteiger partial charge in [-0.05, 0) is 36.5 Å². The van der Waals surface area contributed by atoms with Crippen molar-refractivity contribution in [1.29, 1.82) is 0 Å². The average molecular weight is 299 g/mol. The van der Waals surface area contributed by atoms with Gasteiger partial charge in [-0.3, -0.25) is 4.79 Å². The quantitative estimate of drug-likeness (QED) is 0.868. The summed E-state index contributed by atoms with van der Waals surface area (Å²) in [6.07, 6.45) is 2.00. The molecule has 3 rings (SSSR count). The predicted molar refractivity (Wildman–Crippen MR) is 83.7 cm³/mol. The maximum atomic E-state index is 12.5. The number of hydrogen-bond donors (Lipinski definition) is 0. The maximum absolute atomic E-state index is 12.5. The summed E-state index contributed by atoms with van der Waals surface area (Å²) in [6.45, 7) is 1.95. The van der Waals surface area contributed by atoms with Gasteiger partial charge in [0.15, 0.2) is 5.76 Å². The first-order valence-corrected chi connectivity index (χ1v) is 7.70. The van der Waals surface area contributed by atoms with Crippen LogP contribution in [-0.2, 0) is 11.3 Å². The molecule has 0 radical (unpaired) electrons. The number of methoxy groups -OCH3 is 1. The van der Waals surface area contributed by atoms with Gasteiger partial charge >= 0.3 is 0 Å². The number of hydrogen-bond acceptors (Lipinski definition) is 3.